The number of benzene rings is 6. The third kappa shape index (κ3) is 23.6. The summed E-state index contributed by atoms with van der Waals surface area (Å²) >= 11 is 0. The number of esters is 2. The van der Waals surface area contributed by atoms with Gasteiger partial charge in [-0.2, -0.15) is 0 Å². The van der Waals surface area contributed by atoms with Crippen LogP contribution in [-0.2, 0) is 87.1 Å². The van der Waals surface area contributed by atoms with Crippen molar-refractivity contribution in [3.63, 3.8) is 0 Å². The summed E-state index contributed by atoms with van der Waals surface area (Å²) in [4.78, 5) is 110. The number of likely N-dealkylation sites (tertiary alicyclic amines) is 3. The Hall–Kier alpha value is -12.0. The topological polar surface area (TPSA) is 398 Å². The minimum Gasteiger partial charge on any atom is -0.870 e. The van der Waals surface area contributed by atoms with Crippen LogP contribution in [0.15, 0.2) is 182 Å². The van der Waals surface area contributed by atoms with Gasteiger partial charge in [0.2, 0.25) is 0 Å². The molecule has 12 aromatic rings. The van der Waals surface area contributed by atoms with Crippen molar-refractivity contribution in [3.8, 4) is 34.2 Å². The normalized spacial score (nSPS) is 13.4. The predicted molar refractivity (Wildman–Crippen MR) is 455 cm³/mol. The molecule has 0 bridgehead atoms. The molecule has 3 aliphatic heterocycles. The molecule has 0 unspecified atom stereocenters. The molecule has 31 heteroatoms. The summed E-state index contributed by atoms with van der Waals surface area (Å²) in [6, 6.07) is 55.7. The second-order valence-electron chi connectivity index (χ2n) is 30.4. The third-order valence-corrected chi connectivity index (χ3v) is 20.4. The Bertz CT molecular complexity index is 5670. The number of amides is 4. The maximum absolute atomic E-state index is 13.9. The van der Waals surface area contributed by atoms with Gasteiger partial charge in [0.15, 0.2) is 34.6 Å². The monoisotopic (exact) mass is 1650 g/mol. The molecule has 3 saturated heterocycles. The fraction of sp³-hybridized carbons (Fsp3) is 0.322. The summed E-state index contributed by atoms with van der Waals surface area (Å²) in [6.07, 6.45) is 6.44. The van der Waals surface area contributed by atoms with Crippen molar-refractivity contribution in [2.75, 3.05) is 68.4 Å². The van der Waals surface area contributed by atoms with E-state index >= 15 is 0 Å². The molecule has 4 amide bonds. The Morgan fingerprint density at radius 3 is 1.07 bits per heavy atom. The number of carbonyl (C=O) groups excluding carboxylic acids is 6. The summed E-state index contributed by atoms with van der Waals surface area (Å²) in [5.74, 6) is -1.69. The van der Waals surface area contributed by atoms with Crippen molar-refractivity contribution in [2.45, 2.75) is 137 Å². The number of aromatic nitrogens is 9. The second kappa shape index (κ2) is 42.3. The molecule has 0 aliphatic carbocycles. The molecule has 0 radical (unpaired) electrons. The van der Waals surface area contributed by atoms with Crippen LogP contribution >= 0.6 is 0 Å². The zero-order valence-electron chi connectivity index (χ0n) is 69.1. The summed E-state index contributed by atoms with van der Waals surface area (Å²) < 4.78 is 21.0. The Kier molecular flexibility index (Phi) is 31.4. The molecule has 3 fully saturated rings. The number of alkyl carbamates (subject to hydrolysis) is 1. The van der Waals surface area contributed by atoms with Crippen LogP contribution in [0.1, 0.15) is 155 Å². The van der Waals surface area contributed by atoms with E-state index in [4.69, 9.17) is 50.9 Å². The van der Waals surface area contributed by atoms with Crippen LogP contribution in [0.25, 0.3) is 50.7 Å². The number of ether oxygens (including phenoxy) is 3. The largest absolute Gasteiger partial charge is 1.00 e. The molecule has 121 heavy (non-hydrogen) atoms. The SMILES string of the molecule is CCOC(=O)Cc1ccccc1NC(=O)c1nc(-c2cccc(CN)c2)nn2c(CN3CCCC3)ccc12.CCOC(=O)Cc1ccccc1NC(=O)c1nc(-c2cccc(CNC(=O)OC(C)(C)C)c2)nn2c(CN3CCCC3)ccc12.NCc1cccc(-c2nc(C(=O)Nc3ccccc3CC(=O)O)c3ccc(CN4CCCC4)n3n2)c1.[Na+].[OH-]. The Morgan fingerprint density at radius 2 is 0.752 bits per heavy atom. The van der Waals surface area contributed by atoms with Crippen molar-refractivity contribution in [2.24, 2.45) is 11.5 Å². The smallest absolute Gasteiger partial charge is 0.870 e. The minimum atomic E-state index is -0.971. The standard InChI is InChI=1S/C34H40N6O5.C29H32N6O3.C27H28N6O3.Na.H2O/c1-5-44-29(41)20-24-12-6-7-14-27(24)36-32(42)30-28-16-15-26(22-39-17-8-9-18-39)40(28)38-31(37-30)25-13-10-11-23(19-25)21-35-33(43)45-34(2,3)4;1-2-38-26(36)17-21-9-3-4-11-24(21)31-29(37)27-25-13-12-23(19-34-14-5-6-15-34)35(25)33-28(32-27)22-10-7-8-20(16-22)18-30;28-16-18-6-5-8-20(14-18)26-30-25(27(36)29-22-9-2-1-7-19(22)15-24(34)35)23-11-10-21(33(23)31-26)17-32-12-3-4-13-32;;/h6-7,10-16,19H,5,8-9,17-18,20-22H2,1-4H3,(H,35,43)(H,36,42);3-4,7-13,16H,2,5-6,14-15,17-19,30H2,1H3,(H,31,37);1-2,5-11,14H,3-4,12-13,15-17,28H2,(H,29,36)(H,34,35);;1H2/q;;;+1;/p-1. The van der Waals surface area contributed by atoms with Crippen LogP contribution in [-0.4, -0.2) is 169 Å². The Balaban J connectivity index is 0.000000177. The number of para-hydroxylation sites is 3. The zero-order valence-corrected chi connectivity index (χ0v) is 71.1. The van der Waals surface area contributed by atoms with E-state index in [0.29, 0.717) is 99.6 Å². The van der Waals surface area contributed by atoms with Crippen molar-refractivity contribution in [3.05, 3.63) is 250 Å². The van der Waals surface area contributed by atoms with Crippen LogP contribution in [0.5, 0.6) is 0 Å². The van der Waals surface area contributed by atoms with E-state index < -0.39 is 29.5 Å². The number of nitrogens with zero attached hydrogens (tertiary/aromatic N) is 12. The Morgan fingerprint density at radius 1 is 0.430 bits per heavy atom. The minimum absolute atomic E-state index is 0. The molecular weight excluding hydrogens is 1550 g/mol. The summed E-state index contributed by atoms with van der Waals surface area (Å²) in [7, 11) is 0. The molecule has 624 valence electrons. The molecule has 0 saturated carbocycles. The molecule has 0 spiro atoms. The number of nitrogens with one attached hydrogen (secondary N) is 4. The average molecular weight is 1650 g/mol. The maximum atomic E-state index is 13.9. The quantitative estimate of drug-likeness (QED) is 0.0143. The number of hydrogen-bond donors (Lipinski definition) is 7. The number of aliphatic carboxylic acids is 1. The number of anilines is 3. The van der Waals surface area contributed by atoms with Gasteiger partial charge in [0, 0.05) is 73.0 Å². The van der Waals surface area contributed by atoms with Gasteiger partial charge in [-0.05, 0) is 219 Å². The van der Waals surface area contributed by atoms with Gasteiger partial charge in [-0.15, -0.1) is 15.3 Å². The average Bonchev–Trinajstić information content (AvgIpc) is 1.70. The van der Waals surface area contributed by atoms with Crippen molar-refractivity contribution in [1.29, 1.82) is 0 Å². The van der Waals surface area contributed by atoms with Gasteiger partial charge in [0.25, 0.3) is 17.7 Å². The van der Waals surface area contributed by atoms with Crippen molar-refractivity contribution in [1.82, 2.24) is 63.8 Å². The van der Waals surface area contributed by atoms with E-state index in [9.17, 15) is 38.7 Å². The van der Waals surface area contributed by atoms with Crippen LogP contribution in [0.3, 0.4) is 0 Å². The van der Waals surface area contributed by atoms with Gasteiger partial charge < -0.3 is 57.5 Å². The predicted octanol–water partition coefficient (Wildman–Crippen LogP) is 9.34. The molecule has 10 N–H and O–H groups in total. The van der Waals surface area contributed by atoms with E-state index in [-0.39, 0.29) is 102 Å². The van der Waals surface area contributed by atoms with Gasteiger partial charge in [-0.25, -0.2) is 33.3 Å². The molecule has 6 aromatic heterocycles. The van der Waals surface area contributed by atoms with Gasteiger partial charge >= 0.3 is 53.6 Å². The molecule has 0 atom stereocenters. The number of hydrogen-bond acceptors (Lipinski definition) is 22. The summed E-state index contributed by atoms with van der Waals surface area (Å²) in [6.45, 7) is 19.0. The third-order valence-electron chi connectivity index (χ3n) is 20.4. The molecule has 9 heterocycles. The zero-order chi connectivity index (χ0) is 83.5. The van der Waals surface area contributed by atoms with Crippen LogP contribution in [0.4, 0.5) is 21.9 Å². The number of carbonyl (C=O) groups is 7. The first kappa shape index (κ1) is 89.8. The molecule has 15 rings (SSSR count). The van der Waals surface area contributed by atoms with E-state index in [1.807, 2.05) is 153 Å². The van der Waals surface area contributed by atoms with Crippen LogP contribution in [0, 0.1) is 0 Å². The number of fused-ring (bicyclic) bond motifs is 3. The van der Waals surface area contributed by atoms with E-state index in [1.54, 1.807) is 77.5 Å². The number of rotatable bonds is 27. The fourth-order valence-corrected chi connectivity index (χ4v) is 14.7. The van der Waals surface area contributed by atoms with Gasteiger partial charge in [0.1, 0.15) is 5.60 Å². The summed E-state index contributed by atoms with van der Waals surface area (Å²) in [5.41, 5.74) is 24.8. The first-order chi connectivity index (χ1) is 57.7. The number of carboxylic acid groups (broad SMARTS) is 1. The van der Waals surface area contributed by atoms with Crippen molar-refractivity contribution >= 4 is 75.3 Å². The second-order valence-corrected chi connectivity index (χ2v) is 30.4. The van der Waals surface area contributed by atoms with Gasteiger partial charge in [0.05, 0.1) is 66.1 Å². The van der Waals surface area contributed by atoms with E-state index in [0.717, 1.165) is 110 Å². The molecule has 30 nitrogen and oxygen atoms in total. The summed E-state index contributed by atoms with van der Waals surface area (Å²) in [5, 5.41) is 35.4. The molecule has 6 aromatic carbocycles. The first-order valence-electron chi connectivity index (χ1n) is 40.4. The van der Waals surface area contributed by atoms with Gasteiger partial charge in [-0.1, -0.05) is 109 Å². The van der Waals surface area contributed by atoms with Crippen LogP contribution in [0.2, 0.25) is 0 Å². The van der Waals surface area contributed by atoms with E-state index in [2.05, 4.69) is 41.0 Å². The molecule has 3 aliphatic rings. The molecular formula is C90H101N18NaO12. The number of carboxylic acids is 1. The fourth-order valence-electron chi connectivity index (χ4n) is 14.7. The maximum Gasteiger partial charge on any atom is 1.00 e. The van der Waals surface area contributed by atoms with Gasteiger partial charge in [-0.3, -0.25) is 43.5 Å². The van der Waals surface area contributed by atoms with E-state index in [1.165, 1.54) is 25.7 Å². The first-order valence-corrected chi connectivity index (χ1v) is 40.4. The Labute approximate surface area is 723 Å². The van der Waals surface area contributed by atoms with Crippen molar-refractivity contribution < 1.29 is 87.9 Å². The van der Waals surface area contributed by atoms with Crippen LogP contribution < -0.4 is 62.3 Å². The number of nitrogens with two attached hydrogens (primary N) is 2.